The van der Waals surface area contributed by atoms with E-state index in [0.717, 1.165) is 36.9 Å². The summed E-state index contributed by atoms with van der Waals surface area (Å²) in [5.41, 5.74) is 7.12. The Kier molecular flexibility index (Phi) is 5.47. The van der Waals surface area contributed by atoms with Crippen LogP contribution in [0.15, 0.2) is 34.9 Å². The Morgan fingerprint density at radius 1 is 1.29 bits per heavy atom. The summed E-state index contributed by atoms with van der Waals surface area (Å²) in [5.74, 6) is 1.20. The van der Waals surface area contributed by atoms with Gasteiger partial charge in [-0.15, -0.1) is 11.3 Å². The molecule has 24 heavy (non-hydrogen) atoms. The maximum atomic E-state index is 6.17. The fraction of sp³-hybridized carbons (Fsp3) is 0.438. The minimum absolute atomic E-state index is 0.474. The van der Waals surface area contributed by atoms with Crippen LogP contribution >= 0.6 is 11.3 Å². The first kappa shape index (κ1) is 16.5. The van der Waals surface area contributed by atoms with Gasteiger partial charge in [0.2, 0.25) is 5.88 Å². The van der Waals surface area contributed by atoms with Crippen molar-refractivity contribution >= 4 is 22.4 Å². The van der Waals surface area contributed by atoms with Gasteiger partial charge in [0.05, 0.1) is 13.2 Å². The fourth-order valence-electron chi connectivity index (χ4n) is 2.58. The lowest BCUT2D eigenvalue weighted by molar-refractivity contribution is 0.323. The van der Waals surface area contributed by atoms with Crippen LogP contribution in [0.5, 0.6) is 5.88 Å². The number of rotatable bonds is 5. The first-order valence-corrected chi connectivity index (χ1v) is 8.92. The zero-order chi connectivity index (χ0) is 16.8. The van der Waals surface area contributed by atoms with E-state index in [1.54, 1.807) is 17.5 Å². The maximum absolute atomic E-state index is 6.17. The summed E-state index contributed by atoms with van der Waals surface area (Å²) in [7, 11) is 0. The van der Waals surface area contributed by atoms with Gasteiger partial charge in [-0.3, -0.25) is 0 Å². The molecular formula is C16H22N6OS. The van der Waals surface area contributed by atoms with Crippen molar-refractivity contribution in [2.75, 3.05) is 37.7 Å². The highest BCUT2D eigenvalue weighted by Crippen LogP contribution is 2.19. The van der Waals surface area contributed by atoms with E-state index in [9.17, 15) is 0 Å². The molecule has 128 valence electrons. The molecule has 7 nitrogen and oxygen atoms in total. The number of piperazine rings is 1. The van der Waals surface area contributed by atoms with E-state index >= 15 is 0 Å². The Hall–Kier alpha value is -2.35. The Morgan fingerprint density at radius 3 is 2.83 bits per heavy atom. The van der Waals surface area contributed by atoms with Crippen molar-refractivity contribution in [2.45, 2.75) is 13.5 Å². The number of anilines is 1. The molecule has 3 rings (SSSR count). The number of hydrogen-bond donors (Lipinski definition) is 1. The number of guanidine groups is 1. The molecule has 1 aliphatic rings. The van der Waals surface area contributed by atoms with Gasteiger partial charge in [0.15, 0.2) is 11.1 Å². The zero-order valence-corrected chi connectivity index (χ0v) is 14.6. The summed E-state index contributed by atoms with van der Waals surface area (Å²) in [6, 6.07) is 3.85. The van der Waals surface area contributed by atoms with E-state index in [0.29, 0.717) is 25.0 Å². The van der Waals surface area contributed by atoms with Crippen LogP contribution in [0.2, 0.25) is 0 Å². The minimum atomic E-state index is 0.474. The van der Waals surface area contributed by atoms with Crippen LogP contribution in [0.3, 0.4) is 0 Å². The van der Waals surface area contributed by atoms with Crippen molar-refractivity contribution in [1.29, 1.82) is 0 Å². The Morgan fingerprint density at radius 2 is 2.12 bits per heavy atom. The lowest BCUT2D eigenvalue weighted by Gasteiger charge is -2.35. The van der Waals surface area contributed by atoms with Gasteiger partial charge in [-0.25, -0.2) is 15.0 Å². The normalized spacial score (nSPS) is 15.6. The maximum Gasteiger partial charge on any atom is 0.218 e. The number of nitrogens with two attached hydrogens (primary N) is 1. The molecule has 1 fully saturated rings. The molecule has 0 atom stereocenters. The molecule has 1 aliphatic heterocycles. The number of ether oxygens (including phenoxy) is 1. The monoisotopic (exact) mass is 346 g/mol. The Bertz CT molecular complexity index is 667. The zero-order valence-electron chi connectivity index (χ0n) is 13.8. The summed E-state index contributed by atoms with van der Waals surface area (Å²) in [4.78, 5) is 17.5. The molecule has 0 aromatic carbocycles. The third-order valence-corrected chi connectivity index (χ3v) is 4.67. The molecule has 1 saturated heterocycles. The van der Waals surface area contributed by atoms with Gasteiger partial charge in [0, 0.05) is 49.5 Å². The van der Waals surface area contributed by atoms with Crippen molar-refractivity contribution in [1.82, 2.24) is 14.9 Å². The van der Waals surface area contributed by atoms with Crippen molar-refractivity contribution in [3.63, 3.8) is 0 Å². The summed E-state index contributed by atoms with van der Waals surface area (Å²) in [5, 5.41) is 3.07. The minimum Gasteiger partial charge on any atom is -0.478 e. The molecule has 0 unspecified atom stereocenters. The third-order valence-electron chi connectivity index (χ3n) is 3.84. The van der Waals surface area contributed by atoms with Gasteiger partial charge in [0.1, 0.15) is 0 Å². The van der Waals surface area contributed by atoms with Crippen molar-refractivity contribution < 1.29 is 4.74 Å². The van der Waals surface area contributed by atoms with Crippen LogP contribution in [0.1, 0.15) is 12.5 Å². The molecule has 2 aromatic heterocycles. The lowest BCUT2D eigenvalue weighted by atomic mass is 10.3. The van der Waals surface area contributed by atoms with Gasteiger partial charge >= 0.3 is 0 Å². The molecule has 8 heteroatoms. The van der Waals surface area contributed by atoms with E-state index in [1.807, 2.05) is 30.6 Å². The quantitative estimate of drug-likeness (QED) is 0.654. The van der Waals surface area contributed by atoms with Crippen molar-refractivity contribution in [3.05, 3.63) is 35.5 Å². The Balaban J connectivity index is 1.57. The SMILES string of the molecule is CCOc1ncccc1CN=C(N)N1CCN(c2nccs2)CC1. The van der Waals surface area contributed by atoms with Crippen molar-refractivity contribution in [2.24, 2.45) is 10.7 Å². The van der Waals surface area contributed by atoms with Gasteiger partial charge < -0.3 is 20.3 Å². The lowest BCUT2D eigenvalue weighted by Crippen LogP contribution is -2.51. The third kappa shape index (κ3) is 3.94. The average Bonchev–Trinajstić information content (AvgIpc) is 3.16. The van der Waals surface area contributed by atoms with E-state index in [-0.39, 0.29) is 0 Å². The van der Waals surface area contributed by atoms with Crippen LogP contribution in [0, 0.1) is 0 Å². The van der Waals surface area contributed by atoms with Gasteiger partial charge in [-0.05, 0) is 13.0 Å². The van der Waals surface area contributed by atoms with Crippen LogP contribution in [-0.4, -0.2) is 53.6 Å². The van der Waals surface area contributed by atoms with Crippen LogP contribution in [0.4, 0.5) is 5.13 Å². The first-order chi connectivity index (χ1) is 11.8. The van der Waals surface area contributed by atoms with Gasteiger partial charge in [0.25, 0.3) is 0 Å². The average molecular weight is 346 g/mol. The second-order valence-corrected chi connectivity index (χ2v) is 6.24. The number of aliphatic imine (C=N–C) groups is 1. The summed E-state index contributed by atoms with van der Waals surface area (Å²) >= 11 is 1.67. The first-order valence-electron chi connectivity index (χ1n) is 8.04. The molecule has 0 saturated carbocycles. The highest BCUT2D eigenvalue weighted by Gasteiger charge is 2.19. The van der Waals surface area contributed by atoms with E-state index in [1.165, 1.54) is 0 Å². The molecule has 0 spiro atoms. The topological polar surface area (TPSA) is 79.9 Å². The van der Waals surface area contributed by atoms with Crippen LogP contribution < -0.4 is 15.4 Å². The van der Waals surface area contributed by atoms with Crippen LogP contribution in [-0.2, 0) is 6.54 Å². The Labute approximate surface area is 145 Å². The number of pyridine rings is 1. The molecule has 0 radical (unpaired) electrons. The molecule has 0 bridgehead atoms. The van der Waals surface area contributed by atoms with Crippen LogP contribution in [0.25, 0.3) is 0 Å². The molecule has 0 amide bonds. The smallest absolute Gasteiger partial charge is 0.218 e. The number of nitrogens with zero attached hydrogens (tertiary/aromatic N) is 5. The largest absolute Gasteiger partial charge is 0.478 e. The summed E-state index contributed by atoms with van der Waals surface area (Å²) in [6.07, 6.45) is 3.56. The number of hydrogen-bond acceptors (Lipinski definition) is 6. The molecule has 0 aliphatic carbocycles. The highest BCUT2D eigenvalue weighted by atomic mass is 32.1. The predicted molar refractivity (Wildman–Crippen MR) is 96.6 cm³/mol. The van der Waals surface area contributed by atoms with E-state index in [4.69, 9.17) is 10.5 Å². The van der Waals surface area contributed by atoms with E-state index in [2.05, 4.69) is 24.8 Å². The predicted octanol–water partition coefficient (Wildman–Crippen LogP) is 1.57. The highest BCUT2D eigenvalue weighted by molar-refractivity contribution is 7.13. The van der Waals surface area contributed by atoms with Gasteiger partial charge in [-0.1, -0.05) is 6.07 Å². The number of aromatic nitrogens is 2. The molecular weight excluding hydrogens is 324 g/mol. The molecule has 2 N–H and O–H groups in total. The standard InChI is InChI=1S/C16H22N6OS/c1-2-23-14-13(4-3-5-18-14)12-20-15(17)21-7-9-22(10-8-21)16-19-6-11-24-16/h3-6,11H,2,7-10,12H2,1H3,(H2,17,20). The van der Waals surface area contributed by atoms with Crippen molar-refractivity contribution in [3.8, 4) is 5.88 Å². The summed E-state index contributed by atoms with van der Waals surface area (Å²) in [6.45, 7) is 6.50. The second kappa shape index (κ2) is 7.96. The molecule has 2 aromatic rings. The van der Waals surface area contributed by atoms with Gasteiger partial charge in [-0.2, -0.15) is 0 Å². The second-order valence-electron chi connectivity index (χ2n) is 5.36. The number of thiazole rings is 1. The van der Waals surface area contributed by atoms with E-state index < -0.39 is 0 Å². The molecule has 3 heterocycles. The summed E-state index contributed by atoms with van der Waals surface area (Å²) < 4.78 is 5.52. The fourth-order valence-corrected chi connectivity index (χ4v) is 3.27.